The van der Waals surface area contributed by atoms with Gasteiger partial charge >= 0.3 is 0 Å². The summed E-state index contributed by atoms with van der Waals surface area (Å²) in [6, 6.07) is 16.6. The predicted octanol–water partition coefficient (Wildman–Crippen LogP) is 3.89. The topological polar surface area (TPSA) is 55.1 Å². The number of primary amides is 1. The first-order valence-electron chi connectivity index (χ1n) is 9.37. The van der Waals surface area contributed by atoms with E-state index in [0.29, 0.717) is 5.56 Å². The summed E-state index contributed by atoms with van der Waals surface area (Å²) in [7, 11) is 0. The van der Waals surface area contributed by atoms with Crippen LogP contribution in [0.4, 0.5) is 0 Å². The summed E-state index contributed by atoms with van der Waals surface area (Å²) in [5.74, 6) is -0.325. The summed E-state index contributed by atoms with van der Waals surface area (Å²) in [5, 5.41) is 3.49. The van der Waals surface area contributed by atoms with Gasteiger partial charge in [0.15, 0.2) is 0 Å². The summed E-state index contributed by atoms with van der Waals surface area (Å²) in [6.45, 7) is 4.12. The molecule has 0 unspecified atom stereocenters. The molecule has 134 valence electrons. The molecule has 0 heterocycles. The van der Waals surface area contributed by atoms with Gasteiger partial charge in [0.1, 0.15) is 0 Å². The maximum absolute atomic E-state index is 11.6. The van der Waals surface area contributed by atoms with Gasteiger partial charge in [-0.1, -0.05) is 55.8 Å². The molecular formula is C22H30N2O. The molecule has 25 heavy (non-hydrogen) atoms. The first kappa shape index (κ1) is 19.2. The lowest BCUT2D eigenvalue weighted by Crippen LogP contribution is -2.20. The number of hydrogen-bond donors (Lipinski definition) is 2. The summed E-state index contributed by atoms with van der Waals surface area (Å²) in [4.78, 5) is 11.6. The average molecular weight is 338 g/mol. The number of unbranched alkanes of at least 4 members (excludes halogenated alkanes) is 1. The molecule has 3 nitrogen and oxygen atoms in total. The molecule has 3 heteroatoms. The monoisotopic (exact) mass is 338 g/mol. The first-order chi connectivity index (χ1) is 12.2. The number of amides is 1. The molecule has 0 aliphatic heterocycles. The molecule has 0 aromatic heterocycles. The van der Waals surface area contributed by atoms with E-state index in [1.807, 2.05) is 18.2 Å². The Morgan fingerprint density at radius 1 is 0.920 bits per heavy atom. The fourth-order valence-corrected chi connectivity index (χ4v) is 3.04. The zero-order chi connectivity index (χ0) is 17.9. The van der Waals surface area contributed by atoms with E-state index in [1.54, 1.807) is 0 Å². The molecule has 3 N–H and O–H groups in total. The van der Waals surface area contributed by atoms with Crippen LogP contribution >= 0.6 is 0 Å². The van der Waals surface area contributed by atoms with E-state index in [1.165, 1.54) is 24.0 Å². The standard InChI is InChI=1S/C22H30N2O/c1-2-3-8-19-12-13-21(22(23)25)20(17-19)11-7-15-24-16-14-18-9-5-4-6-10-18/h4-6,9-10,12-13,17,24H,2-3,7-8,11,14-16H2,1H3,(H2,23,25). The van der Waals surface area contributed by atoms with Crippen molar-refractivity contribution >= 4 is 5.91 Å². The first-order valence-corrected chi connectivity index (χ1v) is 9.37. The summed E-state index contributed by atoms with van der Waals surface area (Å²) in [5.41, 5.74) is 9.95. The van der Waals surface area contributed by atoms with Crippen LogP contribution in [0.3, 0.4) is 0 Å². The number of nitrogens with one attached hydrogen (secondary N) is 1. The molecule has 0 fully saturated rings. The molecule has 0 radical (unpaired) electrons. The lowest BCUT2D eigenvalue weighted by atomic mass is 9.97. The number of benzene rings is 2. The van der Waals surface area contributed by atoms with Gasteiger partial charge in [-0.15, -0.1) is 0 Å². The zero-order valence-electron chi connectivity index (χ0n) is 15.3. The summed E-state index contributed by atoms with van der Waals surface area (Å²) < 4.78 is 0. The van der Waals surface area contributed by atoms with E-state index in [9.17, 15) is 4.79 Å². The van der Waals surface area contributed by atoms with Crippen molar-refractivity contribution in [1.82, 2.24) is 5.32 Å². The van der Waals surface area contributed by atoms with E-state index < -0.39 is 0 Å². The average Bonchev–Trinajstić information content (AvgIpc) is 2.63. The summed E-state index contributed by atoms with van der Waals surface area (Å²) in [6.07, 6.45) is 6.36. The predicted molar refractivity (Wildman–Crippen MR) is 105 cm³/mol. The molecule has 0 aliphatic rings. The highest BCUT2D eigenvalue weighted by Crippen LogP contribution is 2.16. The minimum Gasteiger partial charge on any atom is -0.366 e. The Bertz CT molecular complexity index is 652. The Morgan fingerprint density at radius 3 is 2.44 bits per heavy atom. The molecule has 2 aromatic rings. The third-order valence-electron chi connectivity index (χ3n) is 4.49. The van der Waals surface area contributed by atoms with Gasteiger partial charge in [-0.25, -0.2) is 0 Å². The summed E-state index contributed by atoms with van der Waals surface area (Å²) >= 11 is 0. The van der Waals surface area contributed by atoms with Gasteiger partial charge in [-0.05, 0) is 68.0 Å². The van der Waals surface area contributed by atoms with Crippen LogP contribution in [0.15, 0.2) is 48.5 Å². The third-order valence-corrected chi connectivity index (χ3v) is 4.49. The molecule has 0 saturated heterocycles. The van der Waals surface area contributed by atoms with Gasteiger partial charge in [0.25, 0.3) is 0 Å². The number of carbonyl (C=O) groups is 1. The Hall–Kier alpha value is -2.13. The van der Waals surface area contributed by atoms with Gasteiger partial charge in [-0.2, -0.15) is 0 Å². The van der Waals surface area contributed by atoms with Crippen molar-refractivity contribution in [2.24, 2.45) is 5.73 Å². The lowest BCUT2D eigenvalue weighted by molar-refractivity contribution is 0.0999. The van der Waals surface area contributed by atoms with Gasteiger partial charge in [-0.3, -0.25) is 4.79 Å². The van der Waals surface area contributed by atoms with Crippen molar-refractivity contribution in [2.45, 2.75) is 45.4 Å². The number of nitrogens with two attached hydrogens (primary N) is 1. The molecule has 1 amide bonds. The third kappa shape index (κ3) is 6.71. The highest BCUT2D eigenvalue weighted by molar-refractivity contribution is 5.94. The van der Waals surface area contributed by atoms with Crippen LogP contribution < -0.4 is 11.1 Å². The van der Waals surface area contributed by atoms with Crippen molar-refractivity contribution in [2.75, 3.05) is 13.1 Å². The molecule has 0 aliphatic carbocycles. The maximum Gasteiger partial charge on any atom is 0.248 e. The van der Waals surface area contributed by atoms with Crippen LogP contribution in [0, 0.1) is 0 Å². The van der Waals surface area contributed by atoms with Crippen LogP contribution in [0.5, 0.6) is 0 Å². The minimum atomic E-state index is -0.325. The fraction of sp³-hybridized carbons (Fsp3) is 0.409. The fourth-order valence-electron chi connectivity index (χ4n) is 3.04. The lowest BCUT2D eigenvalue weighted by Gasteiger charge is -2.10. The molecule has 2 rings (SSSR count). The van der Waals surface area contributed by atoms with Crippen LogP contribution in [0.25, 0.3) is 0 Å². The molecule has 0 spiro atoms. The van der Waals surface area contributed by atoms with Crippen molar-refractivity contribution in [3.63, 3.8) is 0 Å². The SMILES string of the molecule is CCCCc1ccc(C(N)=O)c(CCCNCCc2ccccc2)c1. The smallest absolute Gasteiger partial charge is 0.248 e. The van der Waals surface area contributed by atoms with Gasteiger partial charge < -0.3 is 11.1 Å². The largest absolute Gasteiger partial charge is 0.366 e. The highest BCUT2D eigenvalue weighted by Gasteiger charge is 2.09. The second-order valence-electron chi connectivity index (χ2n) is 6.55. The van der Waals surface area contributed by atoms with Crippen molar-refractivity contribution in [1.29, 1.82) is 0 Å². The van der Waals surface area contributed by atoms with Gasteiger partial charge in [0.2, 0.25) is 5.91 Å². The van der Waals surface area contributed by atoms with Crippen LogP contribution in [-0.4, -0.2) is 19.0 Å². The Labute approximate surface area is 151 Å². The van der Waals surface area contributed by atoms with Crippen molar-refractivity contribution in [3.8, 4) is 0 Å². The Morgan fingerprint density at radius 2 is 1.72 bits per heavy atom. The van der Waals surface area contributed by atoms with Crippen LogP contribution in [0.2, 0.25) is 0 Å². The Balaban J connectivity index is 1.79. The second-order valence-corrected chi connectivity index (χ2v) is 6.55. The van der Waals surface area contributed by atoms with Crippen LogP contribution in [-0.2, 0) is 19.3 Å². The molecule has 0 bridgehead atoms. The van der Waals surface area contributed by atoms with E-state index in [2.05, 4.69) is 42.6 Å². The molecule has 2 aromatic carbocycles. The van der Waals surface area contributed by atoms with E-state index in [-0.39, 0.29) is 5.91 Å². The quantitative estimate of drug-likeness (QED) is 0.611. The van der Waals surface area contributed by atoms with Crippen molar-refractivity contribution in [3.05, 3.63) is 70.8 Å². The number of rotatable bonds is 11. The normalized spacial score (nSPS) is 10.8. The second kappa shape index (κ2) is 10.7. The highest BCUT2D eigenvalue weighted by atomic mass is 16.1. The molecule has 0 saturated carbocycles. The van der Waals surface area contributed by atoms with Crippen molar-refractivity contribution < 1.29 is 4.79 Å². The number of aryl methyl sites for hydroxylation is 2. The maximum atomic E-state index is 11.6. The minimum absolute atomic E-state index is 0.325. The van der Waals surface area contributed by atoms with E-state index in [4.69, 9.17) is 5.73 Å². The zero-order valence-corrected chi connectivity index (χ0v) is 15.3. The van der Waals surface area contributed by atoms with Gasteiger partial charge in [0.05, 0.1) is 0 Å². The number of carbonyl (C=O) groups excluding carboxylic acids is 1. The van der Waals surface area contributed by atoms with E-state index in [0.717, 1.165) is 44.3 Å². The Kier molecular flexibility index (Phi) is 8.20. The van der Waals surface area contributed by atoms with Crippen LogP contribution in [0.1, 0.15) is 53.2 Å². The van der Waals surface area contributed by atoms with E-state index >= 15 is 0 Å². The van der Waals surface area contributed by atoms with Gasteiger partial charge in [0, 0.05) is 5.56 Å². The number of hydrogen-bond acceptors (Lipinski definition) is 2. The molecule has 0 atom stereocenters. The molecular weight excluding hydrogens is 308 g/mol.